The highest BCUT2D eigenvalue weighted by atomic mass is 127. The SMILES string of the molecule is C.Cc1cnc(Cl)cc1I.FC(F)(F)c1cnc(Cl)cc1Nc1ccccc1-c1ncco1.Nc1ccccc1-c1ncco1. The average molecular weight is 769 g/mol. The number of nitrogens with two attached hydrogens (primary N) is 1. The first-order chi connectivity index (χ1) is 21.0. The molecule has 4 aromatic heterocycles. The molecule has 234 valence electrons. The van der Waals surface area contributed by atoms with Crippen molar-refractivity contribution in [2.24, 2.45) is 0 Å². The highest BCUT2D eigenvalue weighted by molar-refractivity contribution is 14.1. The van der Waals surface area contributed by atoms with Gasteiger partial charge in [-0.3, -0.25) is 0 Å². The van der Waals surface area contributed by atoms with Crippen LogP contribution in [0.4, 0.5) is 30.2 Å². The summed E-state index contributed by atoms with van der Waals surface area (Å²) >= 11 is 13.5. The Kier molecular flexibility index (Phi) is 12.8. The molecule has 6 rings (SSSR count). The molecular formula is C31H26Cl2F3IN6O2. The Morgan fingerprint density at radius 3 is 1.89 bits per heavy atom. The van der Waals surface area contributed by atoms with Gasteiger partial charge in [0.15, 0.2) is 0 Å². The smallest absolute Gasteiger partial charge is 0.419 e. The molecule has 8 nitrogen and oxygen atoms in total. The first kappa shape index (κ1) is 35.3. The standard InChI is InChI=1S/C15H9ClF3N3O.C9H8N2O.C6H5ClIN.CH4/c16-13-7-12(10(8-21-13)15(17,18)19)22-11-4-2-1-3-9(11)14-20-5-6-23-14;10-8-4-2-1-3-7(8)9-11-5-6-12-9;1-4-3-9-6(7)2-5(4)8;/h1-8H,(H,21,22);1-6H,10H2;2-3H,1H3;1H4. The normalized spacial score (nSPS) is 10.5. The number of rotatable bonds is 4. The first-order valence-corrected chi connectivity index (χ1v) is 14.4. The zero-order valence-corrected chi connectivity index (χ0v) is 26.4. The Balaban J connectivity index is 0.000000209. The van der Waals surface area contributed by atoms with Gasteiger partial charge in [0, 0.05) is 21.7 Å². The summed E-state index contributed by atoms with van der Waals surface area (Å²) in [7, 11) is 0. The summed E-state index contributed by atoms with van der Waals surface area (Å²) in [4.78, 5) is 15.4. The number of nitrogen functional groups attached to an aromatic ring is 1. The quantitative estimate of drug-likeness (QED) is 0.103. The zero-order chi connectivity index (χ0) is 31.7. The monoisotopic (exact) mass is 768 g/mol. The second-order valence-electron chi connectivity index (χ2n) is 8.74. The number of anilines is 3. The summed E-state index contributed by atoms with van der Waals surface area (Å²) in [6.07, 6.45) is 3.87. The zero-order valence-electron chi connectivity index (χ0n) is 22.7. The van der Waals surface area contributed by atoms with Crippen molar-refractivity contribution in [3.05, 3.63) is 123 Å². The molecule has 0 atom stereocenters. The maximum absolute atomic E-state index is 13.1. The van der Waals surface area contributed by atoms with Crippen molar-refractivity contribution in [3.8, 4) is 22.9 Å². The van der Waals surface area contributed by atoms with E-state index in [-0.39, 0.29) is 18.3 Å². The molecule has 0 amide bonds. The molecule has 45 heavy (non-hydrogen) atoms. The third-order valence-electron chi connectivity index (χ3n) is 5.66. The molecule has 6 aromatic rings. The molecule has 14 heteroatoms. The Morgan fingerprint density at radius 2 is 1.33 bits per heavy atom. The van der Waals surface area contributed by atoms with Gasteiger partial charge in [-0.05, 0) is 71.5 Å². The van der Waals surface area contributed by atoms with Crippen LogP contribution in [0.15, 0.2) is 107 Å². The van der Waals surface area contributed by atoms with E-state index in [1.807, 2.05) is 37.3 Å². The molecule has 0 aliphatic carbocycles. The van der Waals surface area contributed by atoms with Gasteiger partial charge in [0.05, 0.1) is 40.5 Å². The predicted octanol–water partition coefficient (Wildman–Crippen LogP) is 10.4. The van der Waals surface area contributed by atoms with Crippen molar-refractivity contribution in [2.75, 3.05) is 11.1 Å². The van der Waals surface area contributed by atoms with Crippen LogP contribution in [-0.4, -0.2) is 19.9 Å². The average Bonchev–Trinajstić information content (AvgIpc) is 3.71. The maximum atomic E-state index is 13.1. The molecule has 0 unspecified atom stereocenters. The third-order valence-corrected chi connectivity index (χ3v) is 7.24. The van der Waals surface area contributed by atoms with Gasteiger partial charge in [0.1, 0.15) is 22.8 Å². The molecule has 3 N–H and O–H groups in total. The molecule has 0 bridgehead atoms. The van der Waals surface area contributed by atoms with E-state index in [4.69, 9.17) is 37.8 Å². The summed E-state index contributed by atoms with van der Waals surface area (Å²) in [5.41, 5.74) is 8.22. The highest BCUT2D eigenvalue weighted by Gasteiger charge is 2.34. The molecule has 0 saturated heterocycles. The van der Waals surface area contributed by atoms with Crippen molar-refractivity contribution in [1.29, 1.82) is 0 Å². The number of nitrogens with zero attached hydrogens (tertiary/aromatic N) is 4. The summed E-state index contributed by atoms with van der Waals surface area (Å²) < 4.78 is 50.8. The Morgan fingerprint density at radius 1 is 0.778 bits per heavy atom. The summed E-state index contributed by atoms with van der Waals surface area (Å²) in [5, 5.41) is 3.25. The van der Waals surface area contributed by atoms with E-state index in [1.165, 1.54) is 24.3 Å². The second-order valence-corrected chi connectivity index (χ2v) is 10.7. The fourth-order valence-corrected chi connectivity index (χ4v) is 4.50. The number of hydrogen-bond acceptors (Lipinski definition) is 8. The number of hydrogen-bond donors (Lipinski definition) is 2. The lowest BCUT2D eigenvalue weighted by molar-refractivity contribution is -0.137. The van der Waals surface area contributed by atoms with Gasteiger partial charge in [0.2, 0.25) is 11.8 Å². The highest BCUT2D eigenvalue weighted by Crippen LogP contribution is 2.38. The van der Waals surface area contributed by atoms with E-state index in [0.717, 1.165) is 15.2 Å². The minimum atomic E-state index is -4.56. The number of aryl methyl sites for hydroxylation is 1. The van der Waals surface area contributed by atoms with E-state index < -0.39 is 11.7 Å². The molecule has 0 saturated carbocycles. The van der Waals surface area contributed by atoms with E-state index in [0.29, 0.717) is 40.1 Å². The van der Waals surface area contributed by atoms with E-state index in [2.05, 4.69) is 47.8 Å². The molecule has 0 aliphatic rings. The fourth-order valence-electron chi connectivity index (χ4n) is 3.56. The number of pyridine rings is 2. The van der Waals surface area contributed by atoms with Crippen LogP contribution in [0.25, 0.3) is 22.9 Å². The summed E-state index contributed by atoms with van der Waals surface area (Å²) in [5.74, 6) is 0.856. The van der Waals surface area contributed by atoms with Crippen molar-refractivity contribution in [3.63, 3.8) is 0 Å². The van der Waals surface area contributed by atoms with Gasteiger partial charge >= 0.3 is 6.18 Å². The van der Waals surface area contributed by atoms with Gasteiger partial charge in [-0.15, -0.1) is 0 Å². The van der Waals surface area contributed by atoms with Crippen molar-refractivity contribution in [2.45, 2.75) is 20.5 Å². The number of benzene rings is 2. The fraction of sp³-hybridized carbons (Fsp3) is 0.0968. The van der Waals surface area contributed by atoms with E-state index in [1.54, 1.807) is 36.7 Å². The van der Waals surface area contributed by atoms with Gasteiger partial charge in [-0.1, -0.05) is 54.9 Å². The Labute approximate surface area is 281 Å². The molecule has 0 fully saturated rings. The number of para-hydroxylation sites is 2. The molecular weight excluding hydrogens is 743 g/mol. The molecule has 2 aromatic carbocycles. The lowest BCUT2D eigenvalue weighted by Crippen LogP contribution is -2.10. The van der Waals surface area contributed by atoms with Crippen LogP contribution < -0.4 is 11.1 Å². The second kappa shape index (κ2) is 16.3. The van der Waals surface area contributed by atoms with Crippen LogP contribution in [0.2, 0.25) is 10.3 Å². The molecule has 0 aliphatic heterocycles. The molecule has 4 heterocycles. The van der Waals surface area contributed by atoms with Crippen LogP contribution in [0.5, 0.6) is 0 Å². The van der Waals surface area contributed by atoms with Crippen LogP contribution in [-0.2, 0) is 6.18 Å². The lowest BCUT2D eigenvalue weighted by Gasteiger charge is -2.15. The largest absolute Gasteiger partial charge is 0.444 e. The lowest BCUT2D eigenvalue weighted by atomic mass is 10.1. The Bertz CT molecular complexity index is 1800. The van der Waals surface area contributed by atoms with Crippen LogP contribution in [0, 0.1) is 10.5 Å². The minimum absolute atomic E-state index is 0. The van der Waals surface area contributed by atoms with Crippen molar-refractivity contribution < 1.29 is 22.0 Å². The van der Waals surface area contributed by atoms with Crippen molar-refractivity contribution >= 4 is 62.9 Å². The maximum Gasteiger partial charge on any atom is 0.419 e. The number of oxazole rings is 2. The van der Waals surface area contributed by atoms with Crippen LogP contribution in [0.3, 0.4) is 0 Å². The van der Waals surface area contributed by atoms with E-state index >= 15 is 0 Å². The van der Waals surface area contributed by atoms with Crippen LogP contribution in [0.1, 0.15) is 18.6 Å². The van der Waals surface area contributed by atoms with Crippen molar-refractivity contribution in [1.82, 2.24) is 19.9 Å². The van der Waals surface area contributed by atoms with Gasteiger partial charge in [0.25, 0.3) is 0 Å². The Hall–Kier alpha value is -4.14. The number of nitrogens with one attached hydrogen (secondary N) is 1. The predicted molar refractivity (Wildman–Crippen MR) is 179 cm³/mol. The van der Waals surface area contributed by atoms with Gasteiger partial charge < -0.3 is 19.9 Å². The van der Waals surface area contributed by atoms with E-state index in [9.17, 15) is 13.2 Å². The summed E-state index contributed by atoms with van der Waals surface area (Å²) in [6, 6.07) is 17.2. The van der Waals surface area contributed by atoms with Crippen LogP contribution >= 0.6 is 45.8 Å². The molecule has 0 radical (unpaired) electrons. The van der Waals surface area contributed by atoms with Gasteiger partial charge in [-0.2, -0.15) is 13.2 Å². The first-order valence-electron chi connectivity index (χ1n) is 12.5. The number of halogens is 6. The topological polar surface area (TPSA) is 116 Å². The summed E-state index contributed by atoms with van der Waals surface area (Å²) in [6.45, 7) is 2.01. The number of alkyl halides is 3. The third kappa shape index (κ3) is 9.93. The number of aromatic nitrogens is 4. The molecule has 0 spiro atoms. The van der Waals surface area contributed by atoms with Gasteiger partial charge in [-0.25, -0.2) is 19.9 Å². The minimum Gasteiger partial charge on any atom is -0.444 e.